The van der Waals surface area contributed by atoms with Crippen molar-refractivity contribution in [3.8, 4) is 0 Å². The lowest BCUT2D eigenvalue weighted by atomic mass is 10.2. The number of nitrogens with one attached hydrogen (secondary N) is 1. The van der Waals surface area contributed by atoms with Crippen molar-refractivity contribution in [3.63, 3.8) is 0 Å². The maximum Gasteiger partial charge on any atom is 0.128 e. The lowest BCUT2D eigenvalue weighted by Gasteiger charge is -2.13. The van der Waals surface area contributed by atoms with E-state index in [1.165, 1.54) is 12.1 Å². The Bertz CT molecular complexity index is 448. The molecular formula is C12H11F2NS. The Balaban J connectivity index is 2.15. The van der Waals surface area contributed by atoms with Gasteiger partial charge in [-0.2, -0.15) is 0 Å². The van der Waals surface area contributed by atoms with Crippen LogP contribution in [0.25, 0.3) is 0 Å². The van der Waals surface area contributed by atoms with Crippen LogP contribution in [0, 0.1) is 11.6 Å². The first kappa shape index (κ1) is 11.1. The predicted octanol–water partition coefficient (Wildman–Crippen LogP) is 4.20. The highest BCUT2D eigenvalue weighted by atomic mass is 32.1. The van der Waals surface area contributed by atoms with E-state index in [4.69, 9.17) is 0 Å². The smallest absolute Gasteiger partial charge is 0.128 e. The van der Waals surface area contributed by atoms with Gasteiger partial charge in [-0.05, 0) is 30.5 Å². The molecule has 0 aliphatic heterocycles. The monoisotopic (exact) mass is 239 g/mol. The van der Waals surface area contributed by atoms with Gasteiger partial charge in [-0.15, -0.1) is 11.3 Å². The summed E-state index contributed by atoms with van der Waals surface area (Å²) < 4.78 is 25.9. The molecule has 1 aromatic carbocycles. The molecule has 0 radical (unpaired) electrons. The van der Waals surface area contributed by atoms with E-state index in [9.17, 15) is 8.78 Å². The summed E-state index contributed by atoms with van der Waals surface area (Å²) in [7, 11) is 0. The number of anilines is 1. The summed E-state index contributed by atoms with van der Waals surface area (Å²) in [6.45, 7) is 1.95. The molecule has 0 fully saturated rings. The fourth-order valence-electron chi connectivity index (χ4n) is 1.50. The molecule has 4 heteroatoms. The molecule has 0 bridgehead atoms. The Morgan fingerprint density at radius 1 is 1.19 bits per heavy atom. The summed E-state index contributed by atoms with van der Waals surface area (Å²) in [5, 5.41) is 5.03. The number of hydrogen-bond acceptors (Lipinski definition) is 2. The standard InChI is InChI=1S/C12H11F2NS/c1-8(12-3-2-4-16-12)15-11-6-9(13)5-10(14)7-11/h2-8,15H,1H3. The van der Waals surface area contributed by atoms with Gasteiger partial charge in [-0.3, -0.25) is 0 Å². The van der Waals surface area contributed by atoms with E-state index in [1.54, 1.807) is 11.3 Å². The third kappa shape index (κ3) is 2.58. The molecule has 0 saturated heterocycles. The second-order valence-electron chi connectivity index (χ2n) is 3.54. The van der Waals surface area contributed by atoms with Crippen molar-refractivity contribution in [2.24, 2.45) is 0 Å². The third-order valence-corrected chi connectivity index (χ3v) is 3.27. The molecule has 0 aliphatic carbocycles. The SMILES string of the molecule is CC(Nc1cc(F)cc(F)c1)c1cccs1. The highest BCUT2D eigenvalue weighted by Crippen LogP contribution is 2.23. The van der Waals surface area contributed by atoms with Crippen LogP contribution in [0.1, 0.15) is 17.8 Å². The summed E-state index contributed by atoms with van der Waals surface area (Å²) >= 11 is 1.61. The van der Waals surface area contributed by atoms with Crippen LogP contribution < -0.4 is 5.32 Å². The average Bonchev–Trinajstić information content (AvgIpc) is 2.68. The van der Waals surface area contributed by atoms with Crippen LogP contribution in [0.4, 0.5) is 14.5 Å². The van der Waals surface area contributed by atoms with Crippen molar-refractivity contribution in [1.82, 2.24) is 0 Å². The quantitative estimate of drug-likeness (QED) is 0.846. The van der Waals surface area contributed by atoms with E-state index in [0.717, 1.165) is 10.9 Å². The van der Waals surface area contributed by atoms with Gasteiger partial charge in [0, 0.05) is 16.6 Å². The lowest BCUT2D eigenvalue weighted by molar-refractivity contribution is 0.583. The van der Waals surface area contributed by atoms with Gasteiger partial charge in [0.25, 0.3) is 0 Å². The minimum Gasteiger partial charge on any atom is -0.378 e. The highest BCUT2D eigenvalue weighted by Gasteiger charge is 2.07. The molecule has 1 N–H and O–H groups in total. The molecule has 1 unspecified atom stereocenters. The van der Waals surface area contributed by atoms with E-state index in [1.807, 2.05) is 24.4 Å². The van der Waals surface area contributed by atoms with Crippen LogP contribution in [0.3, 0.4) is 0 Å². The van der Waals surface area contributed by atoms with Crippen LogP contribution in [-0.4, -0.2) is 0 Å². The van der Waals surface area contributed by atoms with Crippen molar-refractivity contribution in [3.05, 3.63) is 52.2 Å². The second kappa shape index (κ2) is 4.61. The molecule has 0 spiro atoms. The predicted molar refractivity (Wildman–Crippen MR) is 62.7 cm³/mol. The van der Waals surface area contributed by atoms with Crippen molar-refractivity contribution in [2.45, 2.75) is 13.0 Å². The van der Waals surface area contributed by atoms with Crippen molar-refractivity contribution < 1.29 is 8.78 Å². The van der Waals surface area contributed by atoms with Gasteiger partial charge in [0.2, 0.25) is 0 Å². The van der Waals surface area contributed by atoms with Gasteiger partial charge >= 0.3 is 0 Å². The van der Waals surface area contributed by atoms with Gasteiger partial charge in [0.15, 0.2) is 0 Å². The average molecular weight is 239 g/mol. The molecule has 2 aromatic rings. The summed E-state index contributed by atoms with van der Waals surface area (Å²) in [5.41, 5.74) is 0.457. The number of benzene rings is 1. The molecule has 1 nitrogen and oxygen atoms in total. The summed E-state index contributed by atoms with van der Waals surface area (Å²) in [6.07, 6.45) is 0. The first-order valence-electron chi connectivity index (χ1n) is 4.91. The second-order valence-corrected chi connectivity index (χ2v) is 4.52. The van der Waals surface area contributed by atoms with Crippen LogP contribution in [0.5, 0.6) is 0 Å². The molecule has 0 amide bonds. The topological polar surface area (TPSA) is 12.0 Å². The minimum absolute atomic E-state index is 0.0428. The number of hydrogen-bond donors (Lipinski definition) is 1. The number of thiophene rings is 1. The molecule has 16 heavy (non-hydrogen) atoms. The largest absolute Gasteiger partial charge is 0.378 e. The summed E-state index contributed by atoms with van der Waals surface area (Å²) in [5.74, 6) is -1.14. The Hall–Kier alpha value is -1.42. The molecule has 2 rings (SSSR count). The first-order chi connectivity index (χ1) is 7.65. The third-order valence-electron chi connectivity index (χ3n) is 2.22. The number of rotatable bonds is 3. The van der Waals surface area contributed by atoms with Crippen molar-refractivity contribution in [2.75, 3.05) is 5.32 Å². The summed E-state index contributed by atoms with van der Waals surface area (Å²) in [6, 6.07) is 7.41. The van der Waals surface area contributed by atoms with Gasteiger partial charge in [-0.1, -0.05) is 6.07 Å². The van der Waals surface area contributed by atoms with E-state index in [0.29, 0.717) is 5.69 Å². The zero-order chi connectivity index (χ0) is 11.5. The minimum atomic E-state index is -0.569. The first-order valence-corrected chi connectivity index (χ1v) is 5.79. The molecule has 0 saturated carbocycles. The molecule has 1 heterocycles. The maximum absolute atomic E-state index is 12.9. The normalized spacial score (nSPS) is 12.4. The van der Waals surface area contributed by atoms with Crippen LogP contribution in [0.2, 0.25) is 0 Å². The zero-order valence-electron chi connectivity index (χ0n) is 8.71. The van der Waals surface area contributed by atoms with Crippen LogP contribution in [0.15, 0.2) is 35.7 Å². The van der Waals surface area contributed by atoms with Gasteiger partial charge in [-0.25, -0.2) is 8.78 Å². The van der Waals surface area contributed by atoms with Gasteiger partial charge in [0.05, 0.1) is 6.04 Å². The molecule has 1 atom stereocenters. The Labute approximate surface area is 96.7 Å². The van der Waals surface area contributed by atoms with E-state index in [-0.39, 0.29) is 6.04 Å². The molecule has 84 valence electrons. The Morgan fingerprint density at radius 2 is 1.88 bits per heavy atom. The lowest BCUT2D eigenvalue weighted by Crippen LogP contribution is -2.05. The number of halogens is 2. The summed E-state index contributed by atoms with van der Waals surface area (Å²) in [4.78, 5) is 1.13. The zero-order valence-corrected chi connectivity index (χ0v) is 9.52. The van der Waals surface area contributed by atoms with Crippen molar-refractivity contribution >= 4 is 17.0 Å². The molecule has 0 aliphatic rings. The van der Waals surface area contributed by atoms with Crippen molar-refractivity contribution in [1.29, 1.82) is 0 Å². The fraction of sp³-hybridized carbons (Fsp3) is 0.167. The maximum atomic E-state index is 12.9. The van der Waals surface area contributed by atoms with E-state index in [2.05, 4.69) is 5.32 Å². The van der Waals surface area contributed by atoms with Gasteiger partial charge in [0.1, 0.15) is 11.6 Å². The van der Waals surface area contributed by atoms with E-state index >= 15 is 0 Å². The van der Waals surface area contributed by atoms with Crippen LogP contribution >= 0.6 is 11.3 Å². The fourth-order valence-corrected chi connectivity index (χ4v) is 2.23. The van der Waals surface area contributed by atoms with Gasteiger partial charge < -0.3 is 5.32 Å². The molecule has 1 aromatic heterocycles. The Morgan fingerprint density at radius 3 is 2.44 bits per heavy atom. The van der Waals surface area contributed by atoms with Crippen LogP contribution in [-0.2, 0) is 0 Å². The van der Waals surface area contributed by atoms with E-state index < -0.39 is 11.6 Å². The highest BCUT2D eigenvalue weighted by molar-refractivity contribution is 7.10. The molecular weight excluding hydrogens is 228 g/mol. The Kier molecular flexibility index (Phi) is 3.19.